The molecule has 1 rings (SSSR count). The fourth-order valence-electron chi connectivity index (χ4n) is 1.27. The van der Waals surface area contributed by atoms with Crippen LogP contribution in [0.3, 0.4) is 0 Å². The van der Waals surface area contributed by atoms with E-state index in [1.165, 1.54) is 11.1 Å². The standard InChI is InChI=1S/C10H13BrO/c1-4-12-10-7(2)5-9(11)6-8(10)3/h5-6H,4H2,1-3H3. The molecule has 0 unspecified atom stereocenters. The molecule has 1 aromatic carbocycles. The van der Waals surface area contributed by atoms with E-state index in [2.05, 4.69) is 41.9 Å². The molecule has 0 aliphatic heterocycles. The van der Waals surface area contributed by atoms with E-state index in [0.717, 1.165) is 16.8 Å². The summed E-state index contributed by atoms with van der Waals surface area (Å²) in [6.45, 7) is 6.84. The van der Waals surface area contributed by atoms with E-state index in [-0.39, 0.29) is 0 Å². The largest absolute Gasteiger partial charge is 0.493 e. The maximum Gasteiger partial charge on any atom is 0.125 e. The van der Waals surface area contributed by atoms with Crippen molar-refractivity contribution in [3.05, 3.63) is 27.7 Å². The summed E-state index contributed by atoms with van der Waals surface area (Å²) in [6, 6.07) is 4.13. The van der Waals surface area contributed by atoms with Crippen molar-refractivity contribution in [3.63, 3.8) is 0 Å². The van der Waals surface area contributed by atoms with Crippen molar-refractivity contribution >= 4 is 15.9 Å². The SMILES string of the molecule is CCOc1c(C)cc(Br)cc1C. The molecule has 0 amide bonds. The van der Waals surface area contributed by atoms with Gasteiger partial charge in [0.1, 0.15) is 5.75 Å². The molecule has 0 aliphatic carbocycles. The number of halogens is 1. The molecule has 0 saturated heterocycles. The Labute approximate surface area is 81.9 Å². The van der Waals surface area contributed by atoms with Crippen LogP contribution in [0.2, 0.25) is 0 Å². The summed E-state index contributed by atoms with van der Waals surface area (Å²) in [6.07, 6.45) is 0. The Morgan fingerprint density at radius 3 is 2.17 bits per heavy atom. The minimum Gasteiger partial charge on any atom is -0.493 e. The number of hydrogen-bond donors (Lipinski definition) is 0. The molecule has 0 N–H and O–H groups in total. The van der Waals surface area contributed by atoms with E-state index >= 15 is 0 Å². The van der Waals surface area contributed by atoms with Crippen molar-refractivity contribution in [2.24, 2.45) is 0 Å². The molecule has 1 nitrogen and oxygen atoms in total. The lowest BCUT2D eigenvalue weighted by Crippen LogP contribution is -1.96. The zero-order valence-electron chi connectivity index (χ0n) is 7.65. The Morgan fingerprint density at radius 2 is 1.75 bits per heavy atom. The maximum absolute atomic E-state index is 5.50. The number of benzene rings is 1. The highest BCUT2D eigenvalue weighted by molar-refractivity contribution is 9.10. The van der Waals surface area contributed by atoms with Gasteiger partial charge in [-0.25, -0.2) is 0 Å². The predicted octanol–water partition coefficient (Wildman–Crippen LogP) is 3.46. The van der Waals surface area contributed by atoms with Crippen LogP contribution in [0.25, 0.3) is 0 Å². The van der Waals surface area contributed by atoms with Crippen LogP contribution in [0, 0.1) is 13.8 Å². The molecule has 0 heterocycles. The number of rotatable bonds is 2. The molecule has 0 atom stereocenters. The lowest BCUT2D eigenvalue weighted by molar-refractivity contribution is 0.335. The van der Waals surface area contributed by atoms with Crippen LogP contribution < -0.4 is 4.74 Å². The molecular weight excluding hydrogens is 216 g/mol. The zero-order chi connectivity index (χ0) is 9.14. The minimum absolute atomic E-state index is 0.726. The molecule has 0 aliphatic rings. The lowest BCUT2D eigenvalue weighted by Gasteiger charge is -2.10. The first kappa shape index (κ1) is 9.59. The van der Waals surface area contributed by atoms with Gasteiger partial charge in [-0.2, -0.15) is 0 Å². The smallest absolute Gasteiger partial charge is 0.125 e. The van der Waals surface area contributed by atoms with Crippen LogP contribution in [0.15, 0.2) is 16.6 Å². The number of ether oxygens (including phenoxy) is 1. The van der Waals surface area contributed by atoms with Gasteiger partial charge in [-0.3, -0.25) is 0 Å². The molecule has 1 aromatic rings. The van der Waals surface area contributed by atoms with Gasteiger partial charge in [0.2, 0.25) is 0 Å². The monoisotopic (exact) mass is 228 g/mol. The van der Waals surface area contributed by atoms with Crippen LogP contribution in [0.4, 0.5) is 0 Å². The minimum atomic E-state index is 0.726. The van der Waals surface area contributed by atoms with E-state index in [1.807, 2.05) is 6.92 Å². The average molecular weight is 229 g/mol. The number of hydrogen-bond acceptors (Lipinski definition) is 1. The summed E-state index contributed by atoms with van der Waals surface area (Å²) in [5.74, 6) is 1.01. The third-order valence-electron chi connectivity index (χ3n) is 1.71. The topological polar surface area (TPSA) is 9.23 Å². The van der Waals surface area contributed by atoms with Gasteiger partial charge >= 0.3 is 0 Å². The van der Waals surface area contributed by atoms with Crippen LogP contribution in [-0.2, 0) is 0 Å². The second kappa shape index (κ2) is 3.94. The van der Waals surface area contributed by atoms with Crippen molar-refractivity contribution < 1.29 is 4.74 Å². The van der Waals surface area contributed by atoms with Gasteiger partial charge in [-0.15, -0.1) is 0 Å². The van der Waals surface area contributed by atoms with E-state index in [0.29, 0.717) is 0 Å². The first-order valence-electron chi connectivity index (χ1n) is 4.04. The van der Waals surface area contributed by atoms with Crippen molar-refractivity contribution in [3.8, 4) is 5.75 Å². The number of aryl methyl sites for hydroxylation is 2. The van der Waals surface area contributed by atoms with Gasteiger partial charge in [0, 0.05) is 4.47 Å². The van der Waals surface area contributed by atoms with E-state index < -0.39 is 0 Å². The van der Waals surface area contributed by atoms with Gasteiger partial charge in [0.05, 0.1) is 6.61 Å². The Balaban J connectivity index is 3.10. The van der Waals surface area contributed by atoms with Crippen molar-refractivity contribution in [1.82, 2.24) is 0 Å². The summed E-state index contributed by atoms with van der Waals surface area (Å²) in [4.78, 5) is 0. The normalized spacial score (nSPS) is 10.0. The highest BCUT2D eigenvalue weighted by Gasteiger charge is 2.03. The Bertz CT molecular complexity index is 258. The van der Waals surface area contributed by atoms with Gasteiger partial charge < -0.3 is 4.74 Å². The fraction of sp³-hybridized carbons (Fsp3) is 0.400. The quantitative estimate of drug-likeness (QED) is 0.754. The van der Waals surface area contributed by atoms with Crippen LogP contribution >= 0.6 is 15.9 Å². The summed E-state index contributed by atoms with van der Waals surface area (Å²) in [5, 5.41) is 0. The molecular formula is C10H13BrO. The third kappa shape index (κ3) is 2.01. The Kier molecular flexibility index (Phi) is 3.15. The van der Waals surface area contributed by atoms with Crippen LogP contribution in [0.1, 0.15) is 18.1 Å². The van der Waals surface area contributed by atoms with E-state index in [9.17, 15) is 0 Å². The van der Waals surface area contributed by atoms with Crippen molar-refractivity contribution in [1.29, 1.82) is 0 Å². The third-order valence-corrected chi connectivity index (χ3v) is 2.17. The Morgan fingerprint density at radius 1 is 1.25 bits per heavy atom. The molecule has 0 fully saturated rings. The summed E-state index contributed by atoms with van der Waals surface area (Å²) in [5.41, 5.74) is 2.37. The van der Waals surface area contributed by atoms with Gasteiger partial charge in [-0.1, -0.05) is 15.9 Å². The second-order valence-corrected chi connectivity index (χ2v) is 3.72. The first-order chi connectivity index (χ1) is 5.65. The molecule has 0 saturated carbocycles. The summed E-state index contributed by atoms with van der Waals surface area (Å²) < 4.78 is 6.61. The molecule has 0 spiro atoms. The van der Waals surface area contributed by atoms with E-state index in [4.69, 9.17) is 4.74 Å². The van der Waals surface area contributed by atoms with Crippen LogP contribution in [-0.4, -0.2) is 6.61 Å². The molecule has 0 radical (unpaired) electrons. The van der Waals surface area contributed by atoms with E-state index in [1.54, 1.807) is 0 Å². The highest BCUT2D eigenvalue weighted by Crippen LogP contribution is 2.26. The second-order valence-electron chi connectivity index (χ2n) is 2.80. The fourth-order valence-corrected chi connectivity index (χ4v) is 1.96. The highest BCUT2D eigenvalue weighted by atomic mass is 79.9. The summed E-state index contributed by atoms with van der Waals surface area (Å²) in [7, 11) is 0. The van der Waals surface area contributed by atoms with Gasteiger partial charge in [-0.05, 0) is 44.0 Å². The van der Waals surface area contributed by atoms with Gasteiger partial charge in [0.15, 0.2) is 0 Å². The molecule has 12 heavy (non-hydrogen) atoms. The van der Waals surface area contributed by atoms with Crippen molar-refractivity contribution in [2.45, 2.75) is 20.8 Å². The maximum atomic E-state index is 5.50. The zero-order valence-corrected chi connectivity index (χ0v) is 9.23. The first-order valence-corrected chi connectivity index (χ1v) is 4.84. The molecule has 0 aromatic heterocycles. The molecule has 66 valence electrons. The Hall–Kier alpha value is -0.500. The average Bonchev–Trinajstić information content (AvgIpc) is 1.96. The summed E-state index contributed by atoms with van der Waals surface area (Å²) >= 11 is 3.44. The predicted molar refractivity (Wildman–Crippen MR) is 54.8 cm³/mol. The van der Waals surface area contributed by atoms with Crippen molar-refractivity contribution in [2.75, 3.05) is 6.61 Å². The molecule has 0 bridgehead atoms. The van der Waals surface area contributed by atoms with Crippen LogP contribution in [0.5, 0.6) is 5.75 Å². The lowest BCUT2D eigenvalue weighted by atomic mass is 10.1. The molecule has 2 heteroatoms. The van der Waals surface area contributed by atoms with Gasteiger partial charge in [0.25, 0.3) is 0 Å².